The van der Waals surface area contributed by atoms with E-state index < -0.39 is 6.61 Å². The molecule has 0 saturated heterocycles. The number of alkyl halides is 2. The fourth-order valence-corrected chi connectivity index (χ4v) is 3.68. The number of rotatable bonds is 5. The van der Waals surface area contributed by atoms with Crippen LogP contribution >= 0.6 is 0 Å². The van der Waals surface area contributed by atoms with Gasteiger partial charge in [0.25, 0.3) is 0 Å². The van der Waals surface area contributed by atoms with Crippen LogP contribution in [0.1, 0.15) is 29.2 Å². The lowest BCUT2D eigenvalue weighted by Gasteiger charge is -2.26. The molecular formula is C20H20F2N2O4. The van der Waals surface area contributed by atoms with Gasteiger partial charge in [-0.25, -0.2) is 4.79 Å². The highest BCUT2D eigenvalue weighted by Gasteiger charge is 2.28. The molecule has 1 atom stereocenters. The Morgan fingerprint density at radius 1 is 1.29 bits per heavy atom. The summed E-state index contributed by atoms with van der Waals surface area (Å²) < 4.78 is 40.5. The average Bonchev–Trinajstić information content (AvgIpc) is 3.31. The molecule has 2 aromatic carbocycles. The van der Waals surface area contributed by atoms with Crippen LogP contribution in [0.15, 0.2) is 36.4 Å². The van der Waals surface area contributed by atoms with Crippen molar-refractivity contribution in [3.8, 4) is 17.2 Å². The molecule has 0 saturated carbocycles. The third kappa shape index (κ3) is 3.54. The lowest BCUT2D eigenvalue weighted by molar-refractivity contribution is -0.0505. The average molecular weight is 390 g/mol. The van der Waals surface area contributed by atoms with Crippen molar-refractivity contribution >= 4 is 6.03 Å². The Bertz CT molecular complexity index is 891. The molecule has 148 valence electrons. The molecule has 6 nitrogen and oxygen atoms in total. The van der Waals surface area contributed by atoms with Gasteiger partial charge >= 0.3 is 12.6 Å². The SMILES string of the molecule is CN(C(=O)NCc1cc2c(cc1OC(F)F)OCO2)[C@H]1CCc2ccccc21. The largest absolute Gasteiger partial charge is 0.454 e. The third-order valence-corrected chi connectivity index (χ3v) is 5.09. The van der Waals surface area contributed by atoms with E-state index in [-0.39, 0.29) is 31.2 Å². The normalized spacial score (nSPS) is 16.8. The van der Waals surface area contributed by atoms with Crippen LogP contribution in [0.25, 0.3) is 0 Å². The van der Waals surface area contributed by atoms with Crippen molar-refractivity contribution in [1.82, 2.24) is 10.2 Å². The van der Waals surface area contributed by atoms with Crippen LogP contribution in [0.5, 0.6) is 17.2 Å². The zero-order valence-corrected chi connectivity index (χ0v) is 15.3. The predicted molar refractivity (Wildman–Crippen MR) is 96.7 cm³/mol. The highest BCUT2D eigenvalue weighted by atomic mass is 19.3. The van der Waals surface area contributed by atoms with E-state index in [9.17, 15) is 13.6 Å². The quantitative estimate of drug-likeness (QED) is 0.843. The number of aryl methyl sites for hydroxylation is 1. The van der Waals surface area contributed by atoms with Gasteiger partial charge in [-0.15, -0.1) is 0 Å². The van der Waals surface area contributed by atoms with Crippen molar-refractivity contribution < 1.29 is 27.8 Å². The molecule has 0 aromatic heterocycles. The van der Waals surface area contributed by atoms with Crippen molar-refractivity contribution in [2.24, 2.45) is 0 Å². The van der Waals surface area contributed by atoms with Gasteiger partial charge in [0.2, 0.25) is 6.79 Å². The minimum Gasteiger partial charge on any atom is -0.454 e. The second-order valence-electron chi connectivity index (χ2n) is 6.71. The van der Waals surface area contributed by atoms with Crippen molar-refractivity contribution in [2.75, 3.05) is 13.8 Å². The summed E-state index contributed by atoms with van der Waals surface area (Å²) in [6, 6.07) is 10.7. The summed E-state index contributed by atoms with van der Waals surface area (Å²) in [5.41, 5.74) is 2.78. The first-order chi connectivity index (χ1) is 13.5. The molecule has 0 radical (unpaired) electrons. The van der Waals surface area contributed by atoms with Crippen molar-refractivity contribution in [3.05, 3.63) is 53.1 Å². The first-order valence-corrected chi connectivity index (χ1v) is 8.98. The molecule has 1 aliphatic heterocycles. The summed E-state index contributed by atoms with van der Waals surface area (Å²) in [5, 5.41) is 2.78. The van der Waals surface area contributed by atoms with Gasteiger partial charge < -0.3 is 24.4 Å². The molecule has 0 unspecified atom stereocenters. The maximum Gasteiger partial charge on any atom is 0.387 e. The number of nitrogens with zero attached hydrogens (tertiary/aromatic N) is 1. The summed E-state index contributed by atoms with van der Waals surface area (Å²) in [6.45, 7) is -2.94. The van der Waals surface area contributed by atoms with Crippen molar-refractivity contribution in [2.45, 2.75) is 32.0 Å². The predicted octanol–water partition coefficient (Wildman–Crippen LogP) is 3.85. The second-order valence-corrected chi connectivity index (χ2v) is 6.71. The number of carbonyl (C=O) groups excluding carboxylic acids is 1. The van der Waals surface area contributed by atoms with Crippen LogP contribution in [-0.4, -0.2) is 31.4 Å². The minimum absolute atomic E-state index is 0.00950. The number of carbonyl (C=O) groups is 1. The molecule has 28 heavy (non-hydrogen) atoms. The number of amides is 2. The molecule has 1 aliphatic carbocycles. The van der Waals surface area contributed by atoms with E-state index in [0.29, 0.717) is 17.1 Å². The number of hydrogen-bond donors (Lipinski definition) is 1. The maximum atomic E-state index is 12.7. The molecule has 2 aromatic rings. The van der Waals surface area contributed by atoms with Crippen LogP contribution in [-0.2, 0) is 13.0 Å². The third-order valence-electron chi connectivity index (χ3n) is 5.09. The Kier molecular flexibility index (Phi) is 4.93. The van der Waals surface area contributed by atoms with Gasteiger partial charge in [-0.1, -0.05) is 24.3 Å². The number of nitrogens with one attached hydrogen (secondary N) is 1. The van der Waals surface area contributed by atoms with Crippen LogP contribution in [0, 0.1) is 0 Å². The second kappa shape index (κ2) is 7.53. The molecule has 1 N–H and O–H groups in total. The summed E-state index contributed by atoms with van der Waals surface area (Å²) >= 11 is 0. The standard InChI is InChI=1S/C20H20F2N2O4/c1-24(15-7-6-12-4-2-3-5-14(12)15)20(25)23-10-13-8-17-18(27-11-26-17)9-16(13)28-19(21)22/h2-5,8-9,15,19H,6-7,10-11H2,1H3,(H,23,25)/t15-/m0/s1. The highest BCUT2D eigenvalue weighted by molar-refractivity contribution is 5.75. The Labute approximate surface area is 161 Å². The summed E-state index contributed by atoms with van der Waals surface area (Å²) in [4.78, 5) is 14.3. The van der Waals surface area contributed by atoms with Crippen LogP contribution in [0.2, 0.25) is 0 Å². The molecule has 1 heterocycles. The zero-order chi connectivity index (χ0) is 19.7. The Balaban J connectivity index is 1.46. The van der Waals surface area contributed by atoms with Crippen LogP contribution < -0.4 is 19.5 Å². The molecule has 2 amide bonds. The van der Waals surface area contributed by atoms with Crippen LogP contribution in [0.4, 0.5) is 13.6 Å². The molecule has 4 rings (SSSR count). The molecule has 8 heteroatoms. The van der Waals surface area contributed by atoms with Gasteiger partial charge in [0.1, 0.15) is 5.75 Å². The van der Waals surface area contributed by atoms with E-state index in [1.807, 2.05) is 18.2 Å². The lowest BCUT2D eigenvalue weighted by atomic mass is 10.1. The number of hydrogen-bond acceptors (Lipinski definition) is 4. The Hall–Kier alpha value is -3.03. The molecular weight excluding hydrogens is 370 g/mol. The van der Waals surface area contributed by atoms with Gasteiger partial charge in [-0.2, -0.15) is 8.78 Å². The van der Waals surface area contributed by atoms with Gasteiger partial charge in [0, 0.05) is 25.2 Å². The van der Waals surface area contributed by atoms with Gasteiger partial charge in [0.05, 0.1) is 6.04 Å². The van der Waals surface area contributed by atoms with Gasteiger partial charge in [-0.3, -0.25) is 0 Å². The minimum atomic E-state index is -2.98. The summed E-state index contributed by atoms with van der Waals surface area (Å²) in [6.07, 6.45) is 1.78. The van der Waals surface area contributed by atoms with E-state index in [1.54, 1.807) is 18.0 Å². The molecule has 0 bridgehead atoms. The van der Waals surface area contributed by atoms with E-state index in [1.165, 1.54) is 11.6 Å². The smallest absolute Gasteiger partial charge is 0.387 e. The zero-order valence-electron chi connectivity index (χ0n) is 15.3. The van der Waals surface area contributed by atoms with E-state index in [2.05, 4.69) is 16.1 Å². The first kappa shape index (κ1) is 18.3. The summed E-state index contributed by atoms with van der Waals surface area (Å²) in [5.74, 6) is 0.725. The Morgan fingerprint density at radius 3 is 2.82 bits per heavy atom. The molecule has 2 aliphatic rings. The topological polar surface area (TPSA) is 60.0 Å². The van der Waals surface area contributed by atoms with E-state index >= 15 is 0 Å². The number of fused-ring (bicyclic) bond motifs is 2. The van der Waals surface area contributed by atoms with Crippen LogP contribution in [0.3, 0.4) is 0 Å². The lowest BCUT2D eigenvalue weighted by Crippen LogP contribution is -2.38. The highest BCUT2D eigenvalue weighted by Crippen LogP contribution is 2.39. The number of urea groups is 1. The summed E-state index contributed by atoms with van der Waals surface area (Å²) in [7, 11) is 1.73. The molecule has 0 spiro atoms. The monoisotopic (exact) mass is 390 g/mol. The van der Waals surface area contributed by atoms with E-state index in [0.717, 1.165) is 18.4 Å². The number of benzene rings is 2. The van der Waals surface area contributed by atoms with E-state index in [4.69, 9.17) is 9.47 Å². The number of ether oxygens (including phenoxy) is 3. The fourth-order valence-electron chi connectivity index (χ4n) is 3.68. The first-order valence-electron chi connectivity index (χ1n) is 8.98. The van der Waals surface area contributed by atoms with Gasteiger partial charge in [-0.05, 0) is 30.0 Å². The van der Waals surface area contributed by atoms with Gasteiger partial charge in [0.15, 0.2) is 11.5 Å². The maximum absolute atomic E-state index is 12.7. The Morgan fingerprint density at radius 2 is 2.04 bits per heavy atom. The molecule has 0 fully saturated rings. The number of halogens is 2. The fraction of sp³-hybridized carbons (Fsp3) is 0.350. The van der Waals surface area contributed by atoms with Crippen molar-refractivity contribution in [3.63, 3.8) is 0 Å². The van der Waals surface area contributed by atoms with Crippen molar-refractivity contribution in [1.29, 1.82) is 0 Å².